The lowest BCUT2D eigenvalue weighted by molar-refractivity contribution is 0.0507. The predicted octanol–water partition coefficient (Wildman–Crippen LogP) is 5.10. The van der Waals surface area contributed by atoms with Gasteiger partial charge in [0.2, 0.25) is 0 Å². The minimum atomic E-state index is -0.490. The molecule has 1 fully saturated rings. The normalized spacial score (nSPS) is 14.9. The van der Waals surface area contributed by atoms with E-state index in [0.29, 0.717) is 24.4 Å². The summed E-state index contributed by atoms with van der Waals surface area (Å²) in [4.78, 5) is 29.7. The van der Waals surface area contributed by atoms with Crippen LogP contribution in [0.25, 0.3) is 0 Å². The average Bonchev–Trinajstić information content (AvgIpc) is 3.37. The smallest absolute Gasteiger partial charge is 0.255 e. The zero-order chi connectivity index (χ0) is 25.7. The van der Waals surface area contributed by atoms with E-state index >= 15 is 0 Å². The van der Waals surface area contributed by atoms with Crippen molar-refractivity contribution in [3.05, 3.63) is 95.1 Å². The molecule has 1 aliphatic rings. The Morgan fingerprint density at radius 2 is 1.75 bits per heavy atom. The molecule has 0 spiro atoms. The van der Waals surface area contributed by atoms with E-state index < -0.39 is 17.5 Å². The average molecular weight is 494 g/mol. The highest BCUT2D eigenvalue weighted by molar-refractivity contribution is 6.04. The van der Waals surface area contributed by atoms with E-state index in [0.717, 1.165) is 24.1 Å². The number of rotatable bonds is 8. The van der Waals surface area contributed by atoms with Crippen LogP contribution in [0, 0.1) is 11.6 Å². The first-order valence-electron chi connectivity index (χ1n) is 11.8. The van der Waals surface area contributed by atoms with Gasteiger partial charge in [-0.1, -0.05) is 6.07 Å². The van der Waals surface area contributed by atoms with Gasteiger partial charge in [0.25, 0.3) is 11.8 Å². The van der Waals surface area contributed by atoms with Crippen LogP contribution in [0.2, 0.25) is 0 Å². The van der Waals surface area contributed by atoms with E-state index in [1.165, 1.54) is 48.5 Å². The fourth-order valence-corrected chi connectivity index (χ4v) is 4.29. The third kappa shape index (κ3) is 6.26. The quantitative estimate of drug-likeness (QED) is 0.474. The third-order valence-electron chi connectivity index (χ3n) is 6.09. The molecule has 0 radical (unpaired) electrons. The van der Waals surface area contributed by atoms with Crippen LogP contribution in [-0.2, 0) is 11.3 Å². The molecular weight excluding hydrogens is 464 g/mol. The van der Waals surface area contributed by atoms with Gasteiger partial charge in [-0.2, -0.15) is 0 Å². The summed E-state index contributed by atoms with van der Waals surface area (Å²) in [6.45, 7) is 1.31. The van der Waals surface area contributed by atoms with E-state index in [9.17, 15) is 18.4 Å². The molecule has 8 heteroatoms. The van der Waals surface area contributed by atoms with Gasteiger partial charge in [0, 0.05) is 56.3 Å². The second-order valence-corrected chi connectivity index (χ2v) is 9.03. The van der Waals surface area contributed by atoms with Crippen molar-refractivity contribution in [2.45, 2.75) is 25.5 Å². The maximum Gasteiger partial charge on any atom is 0.255 e. The first-order valence-corrected chi connectivity index (χ1v) is 11.8. The maximum absolute atomic E-state index is 13.6. The van der Waals surface area contributed by atoms with E-state index in [1.54, 1.807) is 11.0 Å². The van der Waals surface area contributed by atoms with Gasteiger partial charge in [-0.3, -0.25) is 9.59 Å². The van der Waals surface area contributed by atoms with Crippen LogP contribution < -0.4 is 10.2 Å². The molecule has 1 N–H and O–H groups in total. The minimum Gasteiger partial charge on any atom is -0.377 e. The molecule has 36 heavy (non-hydrogen) atoms. The summed E-state index contributed by atoms with van der Waals surface area (Å²) in [5.41, 5.74) is 2.81. The van der Waals surface area contributed by atoms with Crippen LogP contribution in [0.4, 0.5) is 20.2 Å². The lowest BCUT2D eigenvalue weighted by Crippen LogP contribution is -2.37. The standard InChI is InChI=1S/C28H29F2N3O3/c1-32(2)26-13-12-24(31-27(34)20-5-3-6-23(30)15-20)16-21(26)17-33(18-25-7-4-14-36-25)28(35)19-8-10-22(29)11-9-19/h3,5-6,8-13,15-16,25H,4,7,14,17-18H2,1-2H3,(H,31,34). The van der Waals surface area contributed by atoms with Crippen molar-refractivity contribution >= 4 is 23.2 Å². The van der Waals surface area contributed by atoms with Crippen LogP contribution in [0.15, 0.2) is 66.7 Å². The topological polar surface area (TPSA) is 61.9 Å². The lowest BCUT2D eigenvalue weighted by atomic mass is 10.1. The Balaban J connectivity index is 1.62. The van der Waals surface area contributed by atoms with Gasteiger partial charge in [-0.15, -0.1) is 0 Å². The van der Waals surface area contributed by atoms with Gasteiger partial charge in [0.05, 0.1) is 6.10 Å². The lowest BCUT2D eigenvalue weighted by Gasteiger charge is -2.28. The molecule has 3 aromatic rings. The van der Waals surface area contributed by atoms with Crippen molar-refractivity contribution in [1.82, 2.24) is 4.90 Å². The second-order valence-electron chi connectivity index (χ2n) is 9.03. The first kappa shape index (κ1) is 25.3. The summed E-state index contributed by atoms with van der Waals surface area (Å²) in [6.07, 6.45) is 1.72. The molecule has 0 aromatic heterocycles. The molecule has 0 aliphatic carbocycles. The minimum absolute atomic E-state index is 0.0759. The molecule has 1 aliphatic heterocycles. The third-order valence-corrected chi connectivity index (χ3v) is 6.09. The molecule has 3 aromatic carbocycles. The monoisotopic (exact) mass is 493 g/mol. The van der Waals surface area contributed by atoms with Gasteiger partial charge in [-0.25, -0.2) is 8.78 Å². The van der Waals surface area contributed by atoms with Gasteiger partial charge < -0.3 is 19.9 Å². The first-order chi connectivity index (χ1) is 17.3. The maximum atomic E-state index is 13.6. The van der Waals surface area contributed by atoms with Crippen LogP contribution in [-0.4, -0.2) is 50.1 Å². The molecule has 1 saturated heterocycles. The number of nitrogens with zero attached hydrogens (tertiary/aromatic N) is 2. The largest absolute Gasteiger partial charge is 0.377 e. The van der Waals surface area contributed by atoms with Crippen molar-refractivity contribution in [3.8, 4) is 0 Å². The second kappa shape index (κ2) is 11.3. The molecule has 1 heterocycles. The number of hydrogen-bond acceptors (Lipinski definition) is 4. The zero-order valence-electron chi connectivity index (χ0n) is 20.3. The molecule has 1 atom stereocenters. The molecule has 6 nitrogen and oxygen atoms in total. The Bertz CT molecular complexity index is 1220. The van der Waals surface area contributed by atoms with Crippen molar-refractivity contribution < 1.29 is 23.1 Å². The van der Waals surface area contributed by atoms with Gasteiger partial charge >= 0.3 is 0 Å². The Kier molecular flexibility index (Phi) is 7.95. The number of amides is 2. The molecular formula is C28H29F2N3O3. The number of carbonyl (C=O) groups excluding carboxylic acids is 2. The van der Waals surface area contributed by atoms with E-state index in [1.807, 2.05) is 31.1 Å². The number of hydrogen-bond donors (Lipinski definition) is 1. The van der Waals surface area contributed by atoms with Gasteiger partial charge in [-0.05, 0) is 79.1 Å². The van der Waals surface area contributed by atoms with Crippen LogP contribution >= 0.6 is 0 Å². The van der Waals surface area contributed by atoms with Crippen LogP contribution in [0.1, 0.15) is 39.1 Å². The highest BCUT2D eigenvalue weighted by Crippen LogP contribution is 2.27. The Hall–Kier alpha value is -3.78. The van der Waals surface area contributed by atoms with E-state index in [4.69, 9.17) is 4.74 Å². The fourth-order valence-electron chi connectivity index (χ4n) is 4.29. The molecule has 1 unspecified atom stereocenters. The highest BCUT2D eigenvalue weighted by atomic mass is 19.1. The van der Waals surface area contributed by atoms with Crippen molar-refractivity contribution in [2.24, 2.45) is 0 Å². The number of halogens is 2. The Morgan fingerprint density at radius 3 is 2.42 bits per heavy atom. The van der Waals surface area contributed by atoms with Gasteiger partial charge in [0.15, 0.2) is 0 Å². The molecule has 0 bridgehead atoms. The summed E-state index contributed by atoms with van der Waals surface area (Å²) < 4.78 is 32.8. The summed E-state index contributed by atoms with van der Waals surface area (Å²) >= 11 is 0. The van der Waals surface area contributed by atoms with E-state index in [2.05, 4.69) is 5.32 Å². The molecule has 4 rings (SSSR count). The van der Waals surface area contributed by atoms with Crippen molar-refractivity contribution in [1.29, 1.82) is 0 Å². The zero-order valence-corrected chi connectivity index (χ0v) is 20.3. The van der Waals surface area contributed by atoms with Crippen LogP contribution in [0.3, 0.4) is 0 Å². The Labute approximate surface area is 209 Å². The summed E-state index contributed by atoms with van der Waals surface area (Å²) in [5.74, 6) is -1.56. The number of ether oxygens (including phenoxy) is 1. The summed E-state index contributed by atoms with van der Waals surface area (Å²) in [7, 11) is 3.80. The number of anilines is 2. The molecule has 2 amide bonds. The SMILES string of the molecule is CN(C)c1ccc(NC(=O)c2cccc(F)c2)cc1CN(CC1CCCO1)C(=O)c1ccc(F)cc1. The van der Waals surface area contributed by atoms with Crippen molar-refractivity contribution in [2.75, 3.05) is 37.5 Å². The van der Waals surface area contributed by atoms with E-state index in [-0.39, 0.29) is 24.1 Å². The Morgan fingerprint density at radius 1 is 0.972 bits per heavy atom. The van der Waals surface area contributed by atoms with Crippen LogP contribution in [0.5, 0.6) is 0 Å². The number of nitrogens with one attached hydrogen (secondary N) is 1. The number of carbonyl (C=O) groups is 2. The summed E-state index contributed by atoms with van der Waals surface area (Å²) in [5, 5.41) is 2.81. The molecule has 188 valence electrons. The highest BCUT2D eigenvalue weighted by Gasteiger charge is 2.25. The predicted molar refractivity (Wildman–Crippen MR) is 135 cm³/mol. The fraction of sp³-hybridized carbons (Fsp3) is 0.286. The van der Waals surface area contributed by atoms with Crippen molar-refractivity contribution in [3.63, 3.8) is 0 Å². The summed E-state index contributed by atoms with van der Waals surface area (Å²) in [6, 6.07) is 16.4. The molecule has 0 saturated carbocycles. The number of benzene rings is 3. The van der Waals surface area contributed by atoms with Gasteiger partial charge in [0.1, 0.15) is 11.6 Å².